The molecule has 0 N–H and O–H groups in total. The van der Waals surface area contributed by atoms with Crippen molar-refractivity contribution < 1.29 is 0 Å². The first-order valence-corrected chi connectivity index (χ1v) is 18.9. The van der Waals surface area contributed by atoms with Gasteiger partial charge in [-0.3, -0.25) is 0 Å². The third-order valence-electron chi connectivity index (χ3n) is 10.8. The standard InChI is InChI=1S/C46H42Si/c1-32-14-11-17-36(30-32)38-19-12-18-37(31-38)33-24-26-34(27-25-33)39-21-13-22-41-43(35-15-5-3-6-16-35)45-40-20-7-8-23-42(40)47-29-10-4-9-28-46(45,2)44(39)41/h3-26,29-31,34,40,42H,27-28,47H2,1-2H3/b9-4-,29-10-/t34?,40?,42-,46?/m1/s1. The van der Waals surface area contributed by atoms with Gasteiger partial charge in [-0.05, 0) is 87.0 Å². The van der Waals surface area contributed by atoms with Gasteiger partial charge in [-0.2, -0.15) is 0 Å². The highest BCUT2D eigenvalue weighted by atomic mass is 28.2. The molecule has 230 valence electrons. The van der Waals surface area contributed by atoms with Crippen LogP contribution in [0.3, 0.4) is 0 Å². The molecule has 0 fully saturated rings. The maximum Gasteiger partial charge on any atom is 0.0536 e. The Morgan fingerprint density at radius 2 is 1.47 bits per heavy atom. The Kier molecular flexibility index (Phi) is 7.87. The lowest BCUT2D eigenvalue weighted by Gasteiger charge is -2.38. The van der Waals surface area contributed by atoms with Crippen LogP contribution in [0.5, 0.6) is 0 Å². The van der Waals surface area contributed by atoms with E-state index in [9.17, 15) is 0 Å². The first kappa shape index (κ1) is 29.7. The quantitative estimate of drug-likeness (QED) is 0.199. The van der Waals surface area contributed by atoms with Gasteiger partial charge in [0.1, 0.15) is 0 Å². The van der Waals surface area contributed by atoms with Crippen molar-refractivity contribution in [3.63, 3.8) is 0 Å². The molecule has 0 radical (unpaired) electrons. The Morgan fingerprint density at radius 3 is 2.30 bits per heavy atom. The van der Waals surface area contributed by atoms with E-state index < -0.39 is 9.52 Å². The van der Waals surface area contributed by atoms with E-state index in [1.807, 2.05) is 0 Å². The molecule has 3 unspecified atom stereocenters. The predicted octanol–water partition coefficient (Wildman–Crippen LogP) is 11.0. The smallest absolute Gasteiger partial charge is 0.0536 e. The zero-order valence-corrected chi connectivity index (χ0v) is 28.9. The van der Waals surface area contributed by atoms with Crippen LogP contribution in [0.2, 0.25) is 5.54 Å². The summed E-state index contributed by atoms with van der Waals surface area (Å²) in [5.41, 5.74) is 18.3. The fraction of sp³-hybridized carbons (Fsp3) is 0.174. The molecule has 4 atom stereocenters. The molecule has 8 rings (SSSR count). The normalized spacial score (nSPS) is 26.3. The molecule has 3 aliphatic carbocycles. The minimum atomic E-state index is -0.435. The van der Waals surface area contributed by atoms with Crippen molar-refractivity contribution >= 4 is 20.7 Å². The van der Waals surface area contributed by atoms with Crippen molar-refractivity contribution in [3.05, 3.63) is 202 Å². The van der Waals surface area contributed by atoms with Gasteiger partial charge in [0.05, 0.1) is 9.52 Å². The third kappa shape index (κ3) is 5.43. The summed E-state index contributed by atoms with van der Waals surface area (Å²) in [6.07, 6.45) is 26.0. The molecule has 0 nitrogen and oxygen atoms in total. The van der Waals surface area contributed by atoms with Crippen LogP contribution < -0.4 is 0 Å². The number of benzene rings is 4. The average Bonchev–Trinajstić information content (AvgIpc) is 3.39. The topological polar surface area (TPSA) is 0 Å². The molecule has 0 spiro atoms. The van der Waals surface area contributed by atoms with Gasteiger partial charge in [-0.1, -0.05) is 164 Å². The molecular formula is C46H42Si. The molecule has 0 aromatic heterocycles. The van der Waals surface area contributed by atoms with Crippen molar-refractivity contribution in [2.75, 3.05) is 0 Å². The van der Waals surface area contributed by atoms with Crippen molar-refractivity contribution in [2.24, 2.45) is 5.92 Å². The van der Waals surface area contributed by atoms with Crippen molar-refractivity contribution in [2.45, 2.75) is 43.6 Å². The molecule has 4 aromatic carbocycles. The van der Waals surface area contributed by atoms with E-state index in [-0.39, 0.29) is 5.41 Å². The van der Waals surface area contributed by atoms with E-state index in [4.69, 9.17) is 0 Å². The van der Waals surface area contributed by atoms with Crippen LogP contribution in [0.15, 0.2) is 169 Å². The SMILES string of the molecule is Cc1cccc(-c2cccc(C3=CCC(c4cccc5c4C4(C)C/C=C\C=C/[SiH2][C@@H]6C=CC=CC6C4=C5c4ccccc4)C=C3)c2)c1. The Bertz CT molecular complexity index is 2050. The highest BCUT2D eigenvalue weighted by Gasteiger charge is 2.46. The summed E-state index contributed by atoms with van der Waals surface area (Å²) in [5, 5.41) is 0. The predicted molar refractivity (Wildman–Crippen MR) is 204 cm³/mol. The van der Waals surface area contributed by atoms with Crippen LogP contribution in [0.25, 0.3) is 22.3 Å². The fourth-order valence-corrected chi connectivity index (χ4v) is 10.2. The van der Waals surface area contributed by atoms with Crippen molar-refractivity contribution in [1.29, 1.82) is 0 Å². The Labute approximate surface area is 282 Å². The van der Waals surface area contributed by atoms with Gasteiger partial charge >= 0.3 is 0 Å². The number of rotatable bonds is 4. The van der Waals surface area contributed by atoms with Crippen molar-refractivity contribution in [1.82, 2.24) is 0 Å². The van der Waals surface area contributed by atoms with E-state index in [0.717, 1.165) is 12.8 Å². The molecule has 0 amide bonds. The number of hydrogen-bond acceptors (Lipinski definition) is 0. The molecule has 4 aromatic rings. The largest absolute Gasteiger partial charge is 0.101 e. The van der Waals surface area contributed by atoms with Crippen LogP contribution >= 0.6 is 0 Å². The van der Waals surface area contributed by atoms with Gasteiger partial charge in [0.15, 0.2) is 0 Å². The summed E-state index contributed by atoms with van der Waals surface area (Å²) in [7, 11) is -0.435. The van der Waals surface area contributed by atoms with Crippen LogP contribution in [0.4, 0.5) is 0 Å². The van der Waals surface area contributed by atoms with Crippen LogP contribution in [0, 0.1) is 12.8 Å². The summed E-state index contributed by atoms with van der Waals surface area (Å²) in [5.74, 6) is 0.755. The monoisotopic (exact) mass is 622 g/mol. The Balaban J connectivity index is 1.21. The highest BCUT2D eigenvalue weighted by Crippen LogP contribution is 2.58. The number of fused-ring (bicyclic) bond motifs is 5. The zero-order chi connectivity index (χ0) is 31.8. The second-order valence-electron chi connectivity index (χ2n) is 13.8. The number of aryl methyl sites for hydroxylation is 1. The average molecular weight is 623 g/mol. The summed E-state index contributed by atoms with van der Waals surface area (Å²) in [6, 6.07) is 36.2. The number of hydrogen-bond donors (Lipinski definition) is 0. The molecule has 1 aliphatic heterocycles. The summed E-state index contributed by atoms with van der Waals surface area (Å²) >= 11 is 0. The molecule has 1 heteroatoms. The Morgan fingerprint density at radius 1 is 0.702 bits per heavy atom. The Hall–Kier alpha value is -4.72. The molecule has 0 bridgehead atoms. The highest BCUT2D eigenvalue weighted by molar-refractivity contribution is 6.45. The lowest BCUT2D eigenvalue weighted by Crippen LogP contribution is -2.30. The molecule has 1 heterocycles. The fourth-order valence-electron chi connectivity index (χ4n) is 8.57. The molecular weight excluding hydrogens is 581 g/mol. The molecule has 47 heavy (non-hydrogen) atoms. The van der Waals surface area contributed by atoms with E-state index >= 15 is 0 Å². The lowest BCUT2D eigenvalue weighted by atomic mass is 9.67. The van der Waals surface area contributed by atoms with Gasteiger partial charge in [-0.15, -0.1) is 5.70 Å². The van der Waals surface area contributed by atoms with E-state index in [1.165, 1.54) is 50.1 Å². The van der Waals surface area contributed by atoms with Crippen molar-refractivity contribution in [3.8, 4) is 11.1 Å². The maximum absolute atomic E-state index is 2.55. The molecule has 4 aliphatic rings. The number of allylic oxidation sites excluding steroid dienone is 12. The van der Waals surface area contributed by atoms with Crippen LogP contribution in [-0.4, -0.2) is 9.52 Å². The van der Waals surface area contributed by atoms with Crippen LogP contribution in [0.1, 0.15) is 59.1 Å². The first-order valence-electron chi connectivity index (χ1n) is 17.3. The molecule has 0 saturated heterocycles. The first-order chi connectivity index (χ1) is 23.1. The minimum absolute atomic E-state index is 0.0917. The maximum atomic E-state index is 2.55. The van der Waals surface area contributed by atoms with E-state index in [1.54, 1.807) is 11.1 Å². The zero-order valence-electron chi connectivity index (χ0n) is 27.4. The summed E-state index contributed by atoms with van der Waals surface area (Å²) in [4.78, 5) is 0. The second kappa shape index (κ2) is 12.5. The third-order valence-corrected chi connectivity index (χ3v) is 12.7. The van der Waals surface area contributed by atoms with E-state index in [2.05, 4.69) is 177 Å². The van der Waals surface area contributed by atoms with E-state index in [0.29, 0.717) is 17.4 Å². The minimum Gasteiger partial charge on any atom is -0.101 e. The van der Waals surface area contributed by atoms with Crippen LogP contribution in [-0.2, 0) is 5.41 Å². The lowest BCUT2D eigenvalue weighted by molar-refractivity contribution is 0.511. The summed E-state index contributed by atoms with van der Waals surface area (Å²) in [6.45, 7) is 4.71. The van der Waals surface area contributed by atoms with Gasteiger partial charge in [0.25, 0.3) is 0 Å². The second-order valence-corrected chi connectivity index (χ2v) is 15.7. The van der Waals surface area contributed by atoms with Gasteiger partial charge in [0.2, 0.25) is 0 Å². The summed E-state index contributed by atoms with van der Waals surface area (Å²) < 4.78 is 0. The van der Waals surface area contributed by atoms with Gasteiger partial charge < -0.3 is 0 Å². The van der Waals surface area contributed by atoms with Gasteiger partial charge in [0, 0.05) is 17.3 Å². The van der Waals surface area contributed by atoms with Gasteiger partial charge in [-0.25, -0.2) is 0 Å². The molecule has 0 saturated carbocycles.